The second-order valence-corrected chi connectivity index (χ2v) is 5.37. The van der Waals surface area contributed by atoms with Gasteiger partial charge in [0.1, 0.15) is 11.5 Å². The first-order chi connectivity index (χ1) is 8.43. The summed E-state index contributed by atoms with van der Waals surface area (Å²) >= 11 is 2.18. The van der Waals surface area contributed by atoms with Crippen molar-refractivity contribution < 1.29 is 14.6 Å². The highest BCUT2D eigenvalue weighted by Crippen LogP contribution is 2.31. The molecule has 0 aromatic heterocycles. The first-order valence-electron chi connectivity index (χ1n) is 5.71. The summed E-state index contributed by atoms with van der Waals surface area (Å²) in [6, 6.07) is 7.38. The van der Waals surface area contributed by atoms with Crippen LogP contribution in [0.2, 0.25) is 0 Å². The molecule has 0 aliphatic carbocycles. The van der Waals surface area contributed by atoms with E-state index in [2.05, 4.69) is 29.2 Å². The third-order valence-electron chi connectivity index (χ3n) is 2.81. The molecule has 2 atom stereocenters. The number of benzene rings is 1. The number of carbonyl (C=O) groups excluding carboxylic acids is 1. The Labute approximate surface area is 121 Å². The van der Waals surface area contributed by atoms with Crippen molar-refractivity contribution in [1.29, 1.82) is 0 Å². The fraction of sp³-hybridized carbons (Fsp3) is 0.357. The number of ether oxygens (including phenoxy) is 1. The van der Waals surface area contributed by atoms with Gasteiger partial charge in [-0.1, -0.05) is 18.2 Å². The molecule has 4 heteroatoms. The molecule has 1 rings (SSSR count). The van der Waals surface area contributed by atoms with Gasteiger partial charge in [-0.15, -0.1) is 6.58 Å². The fourth-order valence-corrected chi connectivity index (χ4v) is 2.11. The minimum absolute atomic E-state index is 0.284. The number of halogens is 1. The van der Waals surface area contributed by atoms with Crippen LogP contribution in [0.1, 0.15) is 19.4 Å². The summed E-state index contributed by atoms with van der Waals surface area (Å²) in [7, 11) is 0. The first-order valence-corrected chi connectivity index (χ1v) is 6.79. The average Bonchev–Trinajstić information content (AvgIpc) is 2.30. The van der Waals surface area contributed by atoms with Gasteiger partial charge >= 0.3 is 5.97 Å². The highest BCUT2D eigenvalue weighted by Gasteiger charge is 2.37. The number of hydrogen-bond acceptors (Lipinski definition) is 3. The molecule has 0 radical (unpaired) electrons. The van der Waals surface area contributed by atoms with Crippen molar-refractivity contribution in [2.24, 2.45) is 5.92 Å². The molecule has 0 saturated heterocycles. The maximum atomic E-state index is 11.8. The van der Waals surface area contributed by atoms with E-state index in [0.717, 1.165) is 3.57 Å². The molecule has 1 N–H and O–H groups in total. The maximum absolute atomic E-state index is 11.8. The highest BCUT2D eigenvalue weighted by atomic mass is 127. The second kappa shape index (κ2) is 6.33. The molecule has 3 nitrogen and oxygen atoms in total. The lowest BCUT2D eigenvalue weighted by atomic mass is 9.83. The van der Waals surface area contributed by atoms with Gasteiger partial charge in [-0.25, -0.2) is 0 Å². The minimum Gasteiger partial charge on any atom is -0.465 e. The van der Waals surface area contributed by atoms with Gasteiger partial charge in [-0.3, -0.25) is 4.79 Å². The van der Waals surface area contributed by atoms with Gasteiger partial charge in [0.25, 0.3) is 0 Å². The fourth-order valence-electron chi connectivity index (χ4n) is 1.75. The van der Waals surface area contributed by atoms with Crippen molar-refractivity contribution in [1.82, 2.24) is 0 Å². The van der Waals surface area contributed by atoms with E-state index < -0.39 is 17.5 Å². The molecule has 1 aromatic rings. The van der Waals surface area contributed by atoms with Crippen molar-refractivity contribution in [3.63, 3.8) is 0 Å². The maximum Gasteiger partial charge on any atom is 0.316 e. The van der Waals surface area contributed by atoms with Gasteiger partial charge in [0.05, 0.1) is 6.61 Å². The summed E-state index contributed by atoms with van der Waals surface area (Å²) in [5.41, 5.74) is -0.654. The number of carbonyl (C=O) groups is 1. The normalized spacial score (nSPS) is 15.6. The Hall–Kier alpha value is -0.880. The third-order valence-corrected chi connectivity index (χ3v) is 3.53. The van der Waals surface area contributed by atoms with E-state index in [1.807, 2.05) is 12.1 Å². The quantitative estimate of drug-likeness (QED) is 0.499. The van der Waals surface area contributed by atoms with Crippen LogP contribution in [0.4, 0.5) is 0 Å². The zero-order chi connectivity index (χ0) is 13.8. The monoisotopic (exact) mass is 360 g/mol. The summed E-state index contributed by atoms with van der Waals surface area (Å²) in [5, 5.41) is 10.6. The predicted octanol–water partition coefficient (Wildman–Crippen LogP) is 2.86. The van der Waals surface area contributed by atoms with Crippen LogP contribution in [0.5, 0.6) is 0 Å². The summed E-state index contributed by atoms with van der Waals surface area (Å²) in [5.74, 6) is -1.24. The Balaban J connectivity index is 3.05. The largest absolute Gasteiger partial charge is 0.465 e. The molecule has 0 saturated carbocycles. The van der Waals surface area contributed by atoms with Crippen molar-refractivity contribution in [3.8, 4) is 0 Å². The van der Waals surface area contributed by atoms with Crippen LogP contribution >= 0.6 is 22.6 Å². The Kier molecular flexibility index (Phi) is 5.34. The van der Waals surface area contributed by atoms with E-state index in [9.17, 15) is 9.90 Å². The van der Waals surface area contributed by atoms with Gasteiger partial charge in [0.2, 0.25) is 0 Å². The van der Waals surface area contributed by atoms with Crippen molar-refractivity contribution in [2.75, 3.05) is 6.61 Å². The number of hydrogen-bond donors (Lipinski definition) is 1. The lowest BCUT2D eigenvalue weighted by molar-refractivity contribution is -0.154. The van der Waals surface area contributed by atoms with Crippen molar-refractivity contribution in [3.05, 3.63) is 46.1 Å². The van der Waals surface area contributed by atoms with E-state index in [0.29, 0.717) is 5.56 Å². The standard InChI is InChI=1S/C14H17IO3/c1-4-12(13(16)18-5-2)14(3,17)10-6-8-11(15)9-7-10/h4,6-9,12,17H,1,5H2,2-3H3/t12-,14-/m0/s1. The molecule has 98 valence electrons. The molecular weight excluding hydrogens is 343 g/mol. The Morgan fingerprint density at radius 1 is 1.56 bits per heavy atom. The van der Waals surface area contributed by atoms with Crippen LogP contribution in [0, 0.1) is 9.49 Å². The molecule has 1 aromatic carbocycles. The first kappa shape index (κ1) is 15.2. The van der Waals surface area contributed by atoms with Crippen LogP contribution in [0.15, 0.2) is 36.9 Å². The lowest BCUT2D eigenvalue weighted by Crippen LogP contribution is -2.37. The van der Waals surface area contributed by atoms with Gasteiger partial charge in [0, 0.05) is 3.57 Å². The summed E-state index contributed by atoms with van der Waals surface area (Å²) in [6.45, 7) is 7.22. The van der Waals surface area contributed by atoms with E-state index in [-0.39, 0.29) is 6.61 Å². The molecule has 0 heterocycles. The Bertz CT molecular complexity index is 423. The smallest absolute Gasteiger partial charge is 0.316 e. The SMILES string of the molecule is C=C[C@@H](C(=O)OCC)[C@@](C)(O)c1ccc(I)cc1. The lowest BCUT2D eigenvalue weighted by Gasteiger charge is -2.29. The van der Waals surface area contributed by atoms with Gasteiger partial charge < -0.3 is 9.84 Å². The second-order valence-electron chi connectivity index (χ2n) is 4.12. The number of aliphatic hydroxyl groups is 1. The topological polar surface area (TPSA) is 46.5 Å². The van der Waals surface area contributed by atoms with E-state index in [1.165, 1.54) is 6.08 Å². The van der Waals surface area contributed by atoms with Crippen molar-refractivity contribution >= 4 is 28.6 Å². The molecule has 0 amide bonds. The number of esters is 1. The average molecular weight is 360 g/mol. The van der Waals surface area contributed by atoms with Crippen LogP contribution in [-0.2, 0) is 15.1 Å². The van der Waals surface area contributed by atoms with Gasteiger partial charge in [-0.2, -0.15) is 0 Å². The summed E-state index contributed by atoms with van der Waals surface area (Å²) in [6.07, 6.45) is 1.43. The van der Waals surface area contributed by atoms with Crippen LogP contribution in [0.25, 0.3) is 0 Å². The molecule has 0 bridgehead atoms. The molecule has 0 aliphatic heterocycles. The zero-order valence-corrected chi connectivity index (χ0v) is 12.7. The molecule has 0 fully saturated rings. The Morgan fingerprint density at radius 3 is 2.56 bits per heavy atom. The van der Waals surface area contributed by atoms with E-state index in [1.54, 1.807) is 26.0 Å². The highest BCUT2D eigenvalue weighted by molar-refractivity contribution is 14.1. The molecule has 0 spiro atoms. The summed E-state index contributed by atoms with van der Waals surface area (Å²) in [4.78, 5) is 11.8. The third kappa shape index (κ3) is 3.32. The minimum atomic E-state index is -1.32. The molecule has 0 aliphatic rings. The van der Waals surface area contributed by atoms with Gasteiger partial charge in [-0.05, 0) is 54.1 Å². The zero-order valence-electron chi connectivity index (χ0n) is 10.5. The van der Waals surface area contributed by atoms with Crippen molar-refractivity contribution in [2.45, 2.75) is 19.4 Å². The van der Waals surface area contributed by atoms with E-state index in [4.69, 9.17) is 4.74 Å². The molecule has 18 heavy (non-hydrogen) atoms. The van der Waals surface area contributed by atoms with E-state index >= 15 is 0 Å². The predicted molar refractivity (Wildman–Crippen MR) is 79.0 cm³/mol. The molecule has 0 unspecified atom stereocenters. The van der Waals surface area contributed by atoms with Crippen LogP contribution in [-0.4, -0.2) is 17.7 Å². The van der Waals surface area contributed by atoms with Crippen LogP contribution in [0.3, 0.4) is 0 Å². The number of rotatable bonds is 5. The van der Waals surface area contributed by atoms with Gasteiger partial charge in [0.15, 0.2) is 0 Å². The van der Waals surface area contributed by atoms with Crippen LogP contribution < -0.4 is 0 Å². The summed E-state index contributed by atoms with van der Waals surface area (Å²) < 4.78 is 6.02. The Morgan fingerprint density at radius 2 is 2.11 bits per heavy atom. The molecular formula is C14H17IO3.